The highest BCUT2D eigenvalue weighted by molar-refractivity contribution is 6.17. The van der Waals surface area contributed by atoms with Gasteiger partial charge in [0.25, 0.3) is 0 Å². The molecule has 0 heterocycles. The Balaban J connectivity index is 3.30. The highest BCUT2D eigenvalue weighted by Crippen LogP contribution is 2.27. The van der Waals surface area contributed by atoms with Crippen LogP contribution in [0.5, 0.6) is 5.75 Å². The molecule has 2 N–H and O–H groups in total. The minimum Gasteiger partial charge on any atom is -0.506 e. The van der Waals surface area contributed by atoms with Crippen LogP contribution < -0.4 is 0 Å². The monoisotopic (exact) mass is 225 g/mol. The molecule has 0 saturated heterocycles. The van der Waals surface area contributed by atoms with Gasteiger partial charge in [-0.3, -0.25) is 4.79 Å². The minimum atomic E-state index is -1.08. The summed E-state index contributed by atoms with van der Waals surface area (Å²) in [6.45, 7) is 0. The number of aromatic hydroxyl groups is 1. The molecule has 0 radical (unpaired) electrons. The molecule has 0 saturated carbocycles. The van der Waals surface area contributed by atoms with Gasteiger partial charge in [0.2, 0.25) is 0 Å². The van der Waals surface area contributed by atoms with Crippen molar-refractivity contribution in [2.24, 2.45) is 0 Å². The summed E-state index contributed by atoms with van der Waals surface area (Å²) in [5, 5.41) is 26.9. The van der Waals surface area contributed by atoms with E-state index in [1.165, 1.54) is 6.07 Å². The normalized spacial score (nSPS) is 9.60. The van der Waals surface area contributed by atoms with Gasteiger partial charge in [0, 0.05) is 11.4 Å². The van der Waals surface area contributed by atoms with Crippen molar-refractivity contribution >= 4 is 17.6 Å². The number of nitriles is 1. The lowest BCUT2D eigenvalue weighted by Crippen LogP contribution is -2.04. The van der Waals surface area contributed by atoms with Crippen LogP contribution in [0.25, 0.3) is 0 Å². The average Bonchev–Trinajstić information content (AvgIpc) is 2.20. The molecule has 0 bridgehead atoms. The summed E-state index contributed by atoms with van der Waals surface area (Å²) in [7, 11) is 0. The molecule has 0 fully saturated rings. The SMILES string of the molecule is N#Cc1ccc(CCl)c(CC(=O)O)c1O. The third-order valence-electron chi connectivity index (χ3n) is 1.97. The fraction of sp³-hybridized carbons (Fsp3) is 0.200. The Morgan fingerprint density at radius 3 is 2.67 bits per heavy atom. The number of carboxylic acids is 1. The molecule has 5 heteroatoms. The van der Waals surface area contributed by atoms with E-state index >= 15 is 0 Å². The Morgan fingerprint density at radius 1 is 1.53 bits per heavy atom. The Kier molecular flexibility index (Phi) is 3.53. The first-order valence-corrected chi connectivity index (χ1v) is 4.65. The number of alkyl halides is 1. The summed E-state index contributed by atoms with van der Waals surface area (Å²) in [5.74, 6) is -1.27. The van der Waals surface area contributed by atoms with Crippen LogP contribution >= 0.6 is 11.6 Å². The van der Waals surface area contributed by atoms with Crippen LogP contribution in [0, 0.1) is 11.3 Å². The lowest BCUT2D eigenvalue weighted by molar-refractivity contribution is -0.136. The van der Waals surface area contributed by atoms with Crippen molar-refractivity contribution in [1.82, 2.24) is 0 Å². The van der Waals surface area contributed by atoms with Gasteiger partial charge in [-0.15, -0.1) is 11.6 Å². The van der Waals surface area contributed by atoms with Crippen molar-refractivity contribution < 1.29 is 15.0 Å². The van der Waals surface area contributed by atoms with E-state index in [1.54, 1.807) is 12.1 Å². The number of phenols is 1. The molecule has 1 rings (SSSR count). The van der Waals surface area contributed by atoms with Gasteiger partial charge in [-0.1, -0.05) is 6.07 Å². The summed E-state index contributed by atoms with van der Waals surface area (Å²) in [6, 6.07) is 4.73. The fourth-order valence-electron chi connectivity index (χ4n) is 1.24. The fourth-order valence-corrected chi connectivity index (χ4v) is 1.49. The predicted octanol–water partition coefficient (Wildman–Crippen LogP) is 1.63. The van der Waals surface area contributed by atoms with E-state index in [1.807, 2.05) is 0 Å². The van der Waals surface area contributed by atoms with Crippen LogP contribution in [-0.4, -0.2) is 16.2 Å². The van der Waals surface area contributed by atoms with Crippen molar-refractivity contribution in [2.45, 2.75) is 12.3 Å². The average molecular weight is 226 g/mol. The molecule has 1 aromatic rings. The Bertz CT molecular complexity index is 437. The molecule has 78 valence electrons. The van der Waals surface area contributed by atoms with Crippen molar-refractivity contribution in [3.63, 3.8) is 0 Å². The summed E-state index contributed by atoms with van der Waals surface area (Å²) in [4.78, 5) is 10.6. The molecule has 0 aromatic heterocycles. The van der Waals surface area contributed by atoms with Gasteiger partial charge in [-0.05, 0) is 11.6 Å². The van der Waals surface area contributed by atoms with Gasteiger partial charge < -0.3 is 10.2 Å². The molecule has 0 atom stereocenters. The summed E-state index contributed by atoms with van der Waals surface area (Å²) < 4.78 is 0. The smallest absolute Gasteiger partial charge is 0.307 e. The summed E-state index contributed by atoms with van der Waals surface area (Å²) in [6.07, 6.45) is -0.344. The van der Waals surface area contributed by atoms with Crippen molar-refractivity contribution in [3.8, 4) is 11.8 Å². The van der Waals surface area contributed by atoms with Gasteiger partial charge >= 0.3 is 5.97 Å². The van der Waals surface area contributed by atoms with Crippen molar-refractivity contribution in [3.05, 3.63) is 28.8 Å². The van der Waals surface area contributed by atoms with Crippen LogP contribution in [0.15, 0.2) is 12.1 Å². The van der Waals surface area contributed by atoms with Crippen molar-refractivity contribution in [2.75, 3.05) is 0 Å². The number of carboxylic acid groups (broad SMARTS) is 1. The van der Waals surface area contributed by atoms with Crippen LogP contribution in [0.4, 0.5) is 0 Å². The zero-order valence-corrected chi connectivity index (χ0v) is 8.45. The quantitative estimate of drug-likeness (QED) is 0.766. The number of hydrogen-bond acceptors (Lipinski definition) is 3. The lowest BCUT2D eigenvalue weighted by atomic mass is 10.0. The number of carbonyl (C=O) groups is 1. The van der Waals surface area contributed by atoms with Crippen LogP contribution in [0.1, 0.15) is 16.7 Å². The van der Waals surface area contributed by atoms with E-state index in [9.17, 15) is 9.90 Å². The molecule has 15 heavy (non-hydrogen) atoms. The Morgan fingerprint density at radius 2 is 2.20 bits per heavy atom. The maximum absolute atomic E-state index is 10.6. The van der Waals surface area contributed by atoms with Gasteiger partial charge in [0.05, 0.1) is 12.0 Å². The molecule has 1 aromatic carbocycles. The molecule has 4 nitrogen and oxygen atoms in total. The van der Waals surface area contributed by atoms with E-state index < -0.39 is 5.97 Å². The molecular formula is C10H8ClNO3. The van der Waals surface area contributed by atoms with Crippen LogP contribution in [0.2, 0.25) is 0 Å². The molecular weight excluding hydrogens is 218 g/mol. The first-order valence-electron chi connectivity index (χ1n) is 4.11. The molecule has 0 aliphatic carbocycles. The Labute approximate surface area is 91.3 Å². The zero-order chi connectivity index (χ0) is 11.4. The van der Waals surface area contributed by atoms with Gasteiger partial charge in [0.1, 0.15) is 11.8 Å². The molecule has 0 amide bonds. The highest BCUT2D eigenvalue weighted by atomic mass is 35.5. The topological polar surface area (TPSA) is 81.3 Å². The van der Waals surface area contributed by atoms with E-state index in [-0.39, 0.29) is 29.2 Å². The Hall–Kier alpha value is -1.73. The second-order valence-electron chi connectivity index (χ2n) is 2.92. The molecule has 0 unspecified atom stereocenters. The van der Waals surface area contributed by atoms with Gasteiger partial charge in [-0.25, -0.2) is 0 Å². The summed E-state index contributed by atoms with van der Waals surface area (Å²) >= 11 is 5.60. The number of nitrogens with zero attached hydrogens (tertiary/aromatic N) is 1. The number of phenolic OH excluding ortho intramolecular Hbond substituents is 1. The van der Waals surface area contributed by atoms with E-state index in [0.717, 1.165) is 0 Å². The first kappa shape index (κ1) is 11.3. The zero-order valence-electron chi connectivity index (χ0n) is 7.70. The highest BCUT2D eigenvalue weighted by Gasteiger charge is 2.14. The van der Waals surface area contributed by atoms with Crippen LogP contribution in [-0.2, 0) is 17.1 Å². The number of benzene rings is 1. The number of hydrogen-bond donors (Lipinski definition) is 2. The molecule has 0 aliphatic heterocycles. The summed E-state index contributed by atoms with van der Waals surface area (Å²) in [5.41, 5.74) is 0.784. The largest absolute Gasteiger partial charge is 0.506 e. The number of halogens is 1. The number of rotatable bonds is 3. The molecule has 0 spiro atoms. The predicted molar refractivity (Wildman–Crippen MR) is 53.7 cm³/mol. The maximum Gasteiger partial charge on any atom is 0.307 e. The van der Waals surface area contributed by atoms with Gasteiger partial charge in [-0.2, -0.15) is 5.26 Å². The standard InChI is InChI=1S/C10H8ClNO3/c11-4-6-1-2-7(5-12)10(15)8(6)3-9(13)14/h1-2,15H,3-4H2,(H,13,14). The van der Waals surface area contributed by atoms with E-state index in [2.05, 4.69) is 0 Å². The second kappa shape index (κ2) is 4.67. The lowest BCUT2D eigenvalue weighted by Gasteiger charge is -2.08. The minimum absolute atomic E-state index is 0.0557. The second-order valence-corrected chi connectivity index (χ2v) is 3.18. The molecule has 0 aliphatic rings. The van der Waals surface area contributed by atoms with Crippen molar-refractivity contribution in [1.29, 1.82) is 5.26 Å². The number of aliphatic carboxylic acids is 1. The van der Waals surface area contributed by atoms with Gasteiger partial charge in [0.15, 0.2) is 0 Å². The third kappa shape index (κ3) is 2.39. The van der Waals surface area contributed by atoms with E-state index in [0.29, 0.717) is 5.56 Å². The third-order valence-corrected chi connectivity index (χ3v) is 2.26. The van der Waals surface area contributed by atoms with Crippen LogP contribution in [0.3, 0.4) is 0 Å². The maximum atomic E-state index is 10.6. The first-order chi connectivity index (χ1) is 7.10. The van der Waals surface area contributed by atoms with E-state index in [4.69, 9.17) is 22.0 Å².